The van der Waals surface area contributed by atoms with Crippen LogP contribution in [0.1, 0.15) is 58.2 Å². The SMILES string of the molecule is Cc1ccc(CNC(=O)c2cc(OCC3CCOC3)cc(-c3ncc(C4CCC4)s3)c2)nn1. The van der Waals surface area contributed by atoms with E-state index in [0.717, 1.165) is 35.9 Å². The topological polar surface area (TPSA) is 86.2 Å². The van der Waals surface area contributed by atoms with Gasteiger partial charge in [-0.3, -0.25) is 4.79 Å². The molecule has 172 valence electrons. The van der Waals surface area contributed by atoms with Gasteiger partial charge in [0.1, 0.15) is 10.8 Å². The van der Waals surface area contributed by atoms with Gasteiger partial charge >= 0.3 is 0 Å². The molecule has 1 N–H and O–H groups in total. The zero-order valence-corrected chi connectivity index (χ0v) is 19.6. The number of benzene rings is 1. The molecule has 0 bridgehead atoms. The number of hydrogen-bond donors (Lipinski definition) is 1. The maximum Gasteiger partial charge on any atom is 0.251 e. The molecule has 2 aromatic heterocycles. The number of carbonyl (C=O) groups is 1. The second kappa shape index (κ2) is 9.97. The molecular weight excluding hydrogens is 436 g/mol. The number of carbonyl (C=O) groups excluding carboxylic acids is 1. The van der Waals surface area contributed by atoms with Gasteiger partial charge in [0.15, 0.2) is 0 Å². The summed E-state index contributed by atoms with van der Waals surface area (Å²) in [6, 6.07) is 9.44. The summed E-state index contributed by atoms with van der Waals surface area (Å²) in [7, 11) is 0. The molecule has 3 aromatic rings. The first-order valence-electron chi connectivity index (χ1n) is 11.5. The van der Waals surface area contributed by atoms with Crippen molar-refractivity contribution in [3.8, 4) is 16.3 Å². The van der Waals surface area contributed by atoms with Crippen molar-refractivity contribution in [1.29, 1.82) is 0 Å². The number of hydrogen-bond acceptors (Lipinski definition) is 7. The Balaban J connectivity index is 1.35. The Morgan fingerprint density at radius 3 is 2.85 bits per heavy atom. The Morgan fingerprint density at radius 2 is 2.12 bits per heavy atom. The van der Waals surface area contributed by atoms with Gasteiger partial charge in [0.2, 0.25) is 0 Å². The van der Waals surface area contributed by atoms with Crippen LogP contribution in [-0.2, 0) is 11.3 Å². The van der Waals surface area contributed by atoms with Crippen LogP contribution in [0.25, 0.3) is 10.6 Å². The average Bonchev–Trinajstić information content (AvgIpc) is 3.48. The number of aromatic nitrogens is 3. The molecule has 1 aliphatic heterocycles. The highest BCUT2D eigenvalue weighted by molar-refractivity contribution is 7.15. The van der Waals surface area contributed by atoms with Gasteiger partial charge in [0.25, 0.3) is 5.91 Å². The van der Waals surface area contributed by atoms with E-state index in [0.29, 0.717) is 42.0 Å². The third kappa shape index (κ3) is 5.39. The molecule has 1 atom stereocenters. The molecule has 7 nitrogen and oxygen atoms in total. The number of aryl methyl sites for hydroxylation is 1. The van der Waals surface area contributed by atoms with Gasteiger partial charge in [-0.05, 0) is 62.4 Å². The molecule has 1 saturated carbocycles. The van der Waals surface area contributed by atoms with Gasteiger partial charge in [0.05, 0.1) is 31.1 Å². The lowest BCUT2D eigenvalue weighted by Gasteiger charge is -2.23. The predicted molar refractivity (Wildman–Crippen MR) is 127 cm³/mol. The molecule has 1 amide bonds. The minimum atomic E-state index is -0.177. The fourth-order valence-electron chi connectivity index (χ4n) is 3.96. The summed E-state index contributed by atoms with van der Waals surface area (Å²) in [5, 5.41) is 12.0. The van der Waals surface area contributed by atoms with E-state index in [4.69, 9.17) is 9.47 Å². The molecule has 0 spiro atoms. The van der Waals surface area contributed by atoms with Crippen molar-refractivity contribution in [2.75, 3.05) is 19.8 Å². The van der Waals surface area contributed by atoms with Crippen LogP contribution in [0.5, 0.6) is 5.75 Å². The van der Waals surface area contributed by atoms with E-state index in [1.165, 1.54) is 24.1 Å². The number of rotatable bonds is 8. The summed E-state index contributed by atoms with van der Waals surface area (Å²) >= 11 is 1.72. The minimum Gasteiger partial charge on any atom is -0.493 e. The second-order valence-electron chi connectivity index (χ2n) is 8.83. The van der Waals surface area contributed by atoms with E-state index in [2.05, 4.69) is 20.5 Å². The van der Waals surface area contributed by atoms with Crippen LogP contribution < -0.4 is 10.1 Å². The van der Waals surface area contributed by atoms with Crippen LogP contribution in [0.4, 0.5) is 0 Å². The van der Waals surface area contributed by atoms with E-state index in [1.54, 1.807) is 17.4 Å². The number of nitrogens with one attached hydrogen (secondary N) is 1. The van der Waals surface area contributed by atoms with Gasteiger partial charge in [0, 0.05) is 34.7 Å². The van der Waals surface area contributed by atoms with Gasteiger partial charge in [-0.15, -0.1) is 11.3 Å². The third-order valence-corrected chi connectivity index (χ3v) is 7.45. The van der Waals surface area contributed by atoms with E-state index < -0.39 is 0 Å². The van der Waals surface area contributed by atoms with Gasteiger partial charge in [-0.25, -0.2) is 4.98 Å². The maximum atomic E-state index is 13.0. The molecule has 33 heavy (non-hydrogen) atoms. The van der Waals surface area contributed by atoms with Crippen LogP contribution >= 0.6 is 11.3 Å². The molecular formula is C25H28N4O3S. The quantitative estimate of drug-likeness (QED) is 0.527. The zero-order valence-electron chi connectivity index (χ0n) is 18.8. The Hall–Kier alpha value is -2.84. The van der Waals surface area contributed by atoms with Gasteiger partial charge < -0.3 is 14.8 Å². The standard InChI is InChI=1S/C25H28N4O3S/c1-16-5-6-21(29-28-16)12-26-24(30)19-9-20(25-27-13-23(33-25)18-3-2-4-18)11-22(10-19)32-15-17-7-8-31-14-17/h5-6,9-11,13,17-18H,2-4,7-8,12,14-15H2,1H3,(H,26,30). The third-order valence-electron chi connectivity index (χ3n) is 6.24. The summed E-state index contributed by atoms with van der Waals surface area (Å²) in [5.41, 5.74) is 3.02. The van der Waals surface area contributed by atoms with Crippen LogP contribution in [0.15, 0.2) is 36.5 Å². The van der Waals surface area contributed by atoms with Crippen molar-refractivity contribution in [1.82, 2.24) is 20.5 Å². The first-order chi connectivity index (χ1) is 16.1. The summed E-state index contributed by atoms with van der Waals surface area (Å²) in [6.45, 7) is 4.29. The van der Waals surface area contributed by atoms with Crippen molar-refractivity contribution in [2.24, 2.45) is 5.92 Å². The molecule has 1 aromatic carbocycles. The van der Waals surface area contributed by atoms with Crippen molar-refractivity contribution in [3.05, 3.63) is 58.4 Å². The van der Waals surface area contributed by atoms with Crippen LogP contribution in [0.2, 0.25) is 0 Å². The second-order valence-corrected chi connectivity index (χ2v) is 9.89. The molecule has 8 heteroatoms. The molecule has 2 fully saturated rings. The Bertz CT molecular complexity index is 1110. The minimum absolute atomic E-state index is 0.177. The van der Waals surface area contributed by atoms with Crippen molar-refractivity contribution in [3.63, 3.8) is 0 Å². The summed E-state index contributed by atoms with van der Waals surface area (Å²) < 4.78 is 11.6. The smallest absolute Gasteiger partial charge is 0.251 e. The van der Waals surface area contributed by atoms with E-state index in [9.17, 15) is 4.79 Å². The largest absolute Gasteiger partial charge is 0.493 e. The first kappa shape index (κ1) is 22.0. The summed E-state index contributed by atoms with van der Waals surface area (Å²) in [4.78, 5) is 19.0. The summed E-state index contributed by atoms with van der Waals surface area (Å²) in [5.74, 6) is 1.52. The first-order valence-corrected chi connectivity index (χ1v) is 12.3. The monoisotopic (exact) mass is 464 g/mol. The molecule has 1 unspecified atom stereocenters. The van der Waals surface area contributed by atoms with E-state index >= 15 is 0 Å². The van der Waals surface area contributed by atoms with E-state index in [-0.39, 0.29) is 5.91 Å². The number of ether oxygens (including phenoxy) is 2. The molecule has 0 radical (unpaired) electrons. The molecule has 1 aliphatic carbocycles. The Kier molecular flexibility index (Phi) is 6.64. The lowest BCUT2D eigenvalue weighted by atomic mass is 9.85. The molecule has 3 heterocycles. The zero-order chi connectivity index (χ0) is 22.6. The molecule has 2 aliphatic rings. The summed E-state index contributed by atoms with van der Waals surface area (Å²) in [6.07, 6.45) is 6.76. The van der Waals surface area contributed by atoms with Crippen molar-refractivity contribution >= 4 is 17.2 Å². The number of nitrogens with zero attached hydrogens (tertiary/aromatic N) is 3. The van der Waals surface area contributed by atoms with Crippen LogP contribution in [0, 0.1) is 12.8 Å². The molecule has 1 saturated heterocycles. The average molecular weight is 465 g/mol. The van der Waals surface area contributed by atoms with Crippen LogP contribution in [-0.4, -0.2) is 40.9 Å². The fourth-order valence-corrected chi connectivity index (χ4v) is 5.03. The van der Waals surface area contributed by atoms with E-state index in [1.807, 2.05) is 37.4 Å². The Labute approximate surface area is 197 Å². The number of thiazole rings is 1. The Morgan fingerprint density at radius 1 is 1.21 bits per heavy atom. The lowest BCUT2D eigenvalue weighted by molar-refractivity contribution is 0.0949. The maximum absolute atomic E-state index is 13.0. The molecule has 5 rings (SSSR count). The highest BCUT2D eigenvalue weighted by Gasteiger charge is 2.23. The lowest BCUT2D eigenvalue weighted by Crippen LogP contribution is -2.23. The van der Waals surface area contributed by atoms with Crippen molar-refractivity contribution in [2.45, 2.75) is 45.1 Å². The van der Waals surface area contributed by atoms with Crippen molar-refractivity contribution < 1.29 is 14.3 Å². The van der Waals surface area contributed by atoms with Crippen LogP contribution in [0.3, 0.4) is 0 Å². The predicted octanol–water partition coefficient (Wildman–Crippen LogP) is 4.52. The van der Waals surface area contributed by atoms with Gasteiger partial charge in [-0.2, -0.15) is 10.2 Å². The normalized spacial score (nSPS) is 18.2. The highest BCUT2D eigenvalue weighted by Crippen LogP contribution is 2.41. The number of amides is 1. The van der Waals surface area contributed by atoms with Gasteiger partial charge in [-0.1, -0.05) is 6.42 Å². The fraction of sp³-hybridized carbons (Fsp3) is 0.440. The highest BCUT2D eigenvalue weighted by atomic mass is 32.1.